The summed E-state index contributed by atoms with van der Waals surface area (Å²) in [4.78, 5) is 4.59. The van der Waals surface area contributed by atoms with Crippen LogP contribution in [0.5, 0.6) is 0 Å². The first-order valence-electron chi connectivity index (χ1n) is 7.17. The normalized spacial score (nSPS) is 12.0. The van der Waals surface area contributed by atoms with E-state index in [1.165, 1.54) is 23.9 Å². The number of benzene rings is 1. The summed E-state index contributed by atoms with van der Waals surface area (Å²) in [6, 6.07) is 8.12. The molecule has 126 valence electrons. The molecule has 0 saturated heterocycles. The highest BCUT2D eigenvalue weighted by molar-refractivity contribution is 8.00. The Hall–Kier alpha value is -1.64. The molecule has 0 bridgehead atoms. The average molecular weight is 383 g/mol. The van der Waals surface area contributed by atoms with Gasteiger partial charge >= 0.3 is 0 Å². The van der Waals surface area contributed by atoms with Crippen LogP contribution in [0.3, 0.4) is 0 Å². The molecule has 0 unspecified atom stereocenters. The fourth-order valence-corrected chi connectivity index (χ4v) is 5.06. The van der Waals surface area contributed by atoms with E-state index in [9.17, 15) is 8.42 Å². The third kappa shape index (κ3) is 3.55. The number of hydrogen-bond acceptors (Lipinski definition) is 6. The van der Waals surface area contributed by atoms with Gasteiger partial charge in [0.2, 0.25) is 0 Å². The molecule has 0 aliphatic carbocycles. The van der Waals surface area contributed by atoms with Gasteiger partial charge in [-0.05, 0) is 44.2 Å². The lowest BCUT2D eigenvalue weighted by Gasteiger charge is -2.05. The van der Waals surface area contributed by atoms with E-state index >= 15 is 0 Å². The Morgan fingerprint density at radius 3 is 2.58 bits per heavy atom. The van der Waals surface area contributed by atoms with Crippen molar-refractivity contribution in [3.8, 4) is 0 Å². The maximum absolute atomic E-state index is 12.3. The number of rotatable bonds is 5. The largest absolute Gasteiger partial charge is 0.259 e. The van der Waals surface area contributed by atoms with Crippen molar-refractivity contribution in [2.24, 2.45) is 0 Å². The zero-order valence-electron chi connectivity index (χ0n) is 13.1. The quantitative estimate of drug-likeness (QED) is 0.631. The Morgan fingerprint density at radius 1 is 1.17 bits per heavy atom. The van der Waals surface area contributed by atoms with E-state index in [0.717, 1.165) is 11.4 Å². The standard InChI is InChI=1S/C15H15ClN4O2S2/c1-10-9-11(2)20-14(17-10)18-19-15(20)23-7-8-24(21,22)13-5-3-12(16)4-6-13/h3-6,9H,7-8H2,1-2H3. The van der Waals surface area contributed by atoms with Gasteiger partial charge in [-0.1, -0.05) is 23.4 Å². The van der Waals surface area contributed by atoms with Gasteiger partial charge in [0, 0.05) is 22.2 Å². The first kappa shape index (κ1) is 17.2. The number of nitrogens with zero attached hydrogens (tertiary/aromatic N) is 4. The van der Waals surface area contributed by atoms with Crippen LogP contribution in [0, 0.1) is 13.8 Å². The van der Waals surface area contributed by atoms with Gasteiger partial charge in [-0.2, -0.15) is 0 Å². The fraction of sp³-hybridized carbons (Fsp3) is 0.267. The molecule has 24 heavy (non-hydrogen) atoms. The number of fused-ring (bicyclic) bond motifs is 1. The van der Waals surface area contributed by atoms with Crippen LogP contribution in [0.15, 0.2) is 40.4 Å². The Bertz CT molecular complexity index is 985. The molecule has 3 aromatic rings. The van der Waals surface area contributed by atoms with Crippen molar-refractivity contribution in [1.29, 1.82) is 0 Å². The summed E-state index contributed by atoms with van der Waals surface area (Å²) in [5, 5.41) is 9.29. The number of aromatic nitrogens is 4. The van der Waals surface area contributed by atoms with Crippen LogP contribution in [0.2, 0.25) is 5.02 Å². The minimum Gasteiger partial charge on any atom is -0.259 e. The monoisotopic (exact) mass is 382 g/mol. The average Bonchev–Trinajstić information content (AvgIpc) is 2.90. The summed E-state index contributed by atoms with van der Waals surface area (Å²) in [5.41, 5.74) is 1.83. The summed E-state index contributed by atoms with van der Waals surface area (Å²) in [7, 11) is -3.35. The van der Waals surface area contributed by atoms with Crippen molar-refractivity contribution in [1.82, 2.24) is 19.6 Å². The highest BCUT2D eigenvalue weighted by Crippen LogP contribution is 2.21. The number of hydrogen-bond donors (Lipinski definition) is 0. The second-order valence-electron chi connectivity index (χ2n) is 5.28. The van der Waals surface area contributed by atoms with Crippen molar-refractivity contribution < 1.29 is 8.42 Å². The van der Waals surface area contributed by atoms with E-state index in [1.54, 1.807) is 12.1 Å². The smallest absolute Gasteiger partial charge is 0.256 e. The predicted octanol–water partition coefficient (Wildman–Crippen LogP) is 2.96. The van der Waals surface area contributed by atoms with E-state index in [0.29, 0.717) is 21.7 Å². The molecule has 0 N–H and O–H groups in total. The SMILES string of the molecule is Cc1cc(C)n2c(SCCS(=O)(=O)c3ccc(Cl)cc3)nnc2n1. The lowest BCUT2D eigenvalue weighted by Crippen LogP contribution is -2.09. The summed E-state index contributed by atoms with van der Waals surface area (Å²) >= 11 is 7.14. The Morgan fingerprint density at radius 2 is 1.88 bits per heavy atom. The van der Waals surface area contributed by atoms with Gasteiger partial charge < -0.3 is 0 Å². The predicted molar refractivity (Wildman–Crippen MR) is 94.5 cm³/mol. The molecule has 9 heteroatoms. The minimum atomic E-state index is -3.35. The summed E-state index contributed by atoms with van der Waals surface area (Å²) < 4.78 is 26.5. The molecular weight excluding hydrogens is 368 g/mol. The molecule has 2 aromatic heterocycles. The molecule has 0 fully saturated rings. The molecular formula is C15H15ClN4O2S2. The molecule has 0 aliphatic heterocycles. The number of aryl methyl sites for hydroxylation is 2. The Labute approximate surface area is 149 Å². The maximum atomic E-state index is 12.3. The van der Waals surface area contributed by atoms with Gasteiger partial charge in [-0.15, -0.1) is 10.2 Å². The minimum absolute atomic E-state index is 0.00650. The second kappa shape index (κ2) is 6.70. The summed E-state index contributed by atoms with van der Waals surface area (Å²) in [5.74, 6) is 0.904. The van der Waals surface area contributed by atoms with Gasteiger partial charge in [0.1, 0.15) is 0 Å². The van der Waals surface area contributed by atoms with E-state index in [1.807, 2.05) is 24.3 Å². The van der Waals surface area contributed by atoms with Gasteiger partial charge in [0.15, 0.2) is 15.0 Å². The van der Waals surface area contributed by atoms with Gasteiger partial charge in [0.05, 0.1) is 10.6 Å². The lowest BCUT2D eigenvalue weighted by atomic mass is 10.3. The molecule has 3 rings (SSSR count). The second-order valence-corrected chi connectivity index (χ2v) is 8.89. The Balaban J connectivity index is 1.74. The number of sulfone groups is 1. The highest BCUT2D eigenvalue weighted by Gasteiger charge is 2.16. The molecule has 2 heterocycles. The third-order valence-corrected chi connectivity index (χ3v) is 6.59. The first-order chi connectivity index (χ1) is 11.4. The third-order valence-electron chi connectivity index (χ3n) is 3.42. The number of thioether (sulfide) groups is 1. The van der Waals surface area contributed by atoms with Crippen molar-refractivity contribution in [2.75, 3.05) is 11.5 Å². The topological polar surface area (TPSA) is 77.2 Å². The fourth-order valence-electron chi connectivity index (χ4n) is 2.30. The Kier molecular flexibility index (Phi) is 4.80. The molecule has 0 aliphatic rings. The van der Waals surface area contributed by atoms with Gasteiger partial charge in [0.25, 0.3) is 5.78 Å². The number of halogens is 1. The van der Waals surface area contributed by atoms with Crippen molar-refractivity contribution in [2.45, 2.75) is 23.9 Å². The van der Waals surface area contributed by atoms with Crippen LogP contribution >= 0.6 is 23.4 Å². The highest BCUT2D eigenvalue weighted by atomic mass is 35.5. The van der Waals surface area contributed by atoms with E-state index in [-0.39, 0.29) is 10.6 Å². The van der Waals surface area contributed by atoms with Crippen LogP contribution in [-0.4, -0.2) is 39.5 Å². The first-order valence-corrected chi connectivity index (χ1v) is 10.2. The van der Waals surface area contributed by atoms with Crippen LogP contribution < -0.4 is 0 Å². The molecule has 0 atom stereocenters. The molecule has 0 radical (unpaired) electrons. The molecule has 6 nitrogen and oxygen atoms in total. The zero-order chi connectivity index (χ0) is 17.3. The molecule has 0 saturated carbocycles. The van der Waals surface area contributed by atoms with Gasteiger partial charge in [-0.25, -0.2) is 13.4 Å². The van der Waals surface area contributed by atoms with Crippen LogP contribution in [-0.2, 0) is 9.84 Å². The van der Waals surface area contributed by atoms with Crippen molar-refractivity contribution >= 4 is 39.0 Å². The maximum Gasteiger partial charge on any atom is 0.256 e. The summed E-state index contributed by atoms with van der Waals surface area (Å²) in [6.45, 7) is 3.84. The van der Waals surface area contributed by atoms with Crippen LogP contribution in [0.1, 0.15) is 11.4 Å². The van der Waals surface area contributed by atoms with Crippen molar-refractivity contribution in [3.63, 3.8) is 0 Å². The van der Waals surface area contributed by atoms with E-state index in [2.05, 4.69) is 15.2 Å². The molecule has 0 amide bonds. The van der Waals surface area contributed by atoms with Crippen LogP contribution in [0.4, 0.5) is 0 Å². The summed E-state index contributed by atoms with van der Waals surface area (Å²) in [6.07, 6.45) is 0. The van der Waals surface area contributed by atoms with Crippen molar-refractivity contribution in [3.05, 3.63) is 46.7 Å². The van der Waals surface area contributed by atoms with E-state index in [4.69, 9.17) is 11.6 Å². The molecule has 0 spiro atoms. The molecule has 1 aromatic carbocycles. The zero-order valence-corrected chi connectivity index (χ0v) is 15.5. The van der Waals surface area contributed by atoms with Gasteiger partial charge in [-0.3, -0.25) is 4.40 Å². The lowest BCUT2D eigenvalue weighted by molar-refractivity contribution is 0.597. The van der Waals surface area contributed by atoms with Crippen LogP contribution in [0.25, 0.3) is 5.78 Å². The van der Waals surface area contributed by atoms with E-state index < -0.39 is 9.84 Å².